The molecule has 0 aliphatic carbocycles. The van der Waals surface area contributed by atoms with Gasteiger partial charge in [-0.15, -0.1) is 0 Å². The highest BCUT2D eigenvalue weighted by Crippen LogP contribution is 2.52. The minimum absolute atomic E-state index is 0.0251. The van der Waals surface area contributed by atoms with Crippen LogP contribution in [0.3, 0.4) is 0 Å². The van der Waals surface area contributed by atoms with Crippen LogP contribution in [0.4, 0.5) is 5.69 Å². The molecule has 3 heterocycles. The zero-order chi connectivity index (χ0) is 17.3. The molecule has 0 radical (unpaired) electrons. The van der Waals surface area contributed by atoms with E-state index in [0.717, 1.165) is 36.9 Å². The number of aryl methyl sites for hydroxylation is 1. The van der Waals surface area contributed by atoms with Crippen LogP contribution in [-0.4, -0.2) is 13.1 Å². The average molecular weight is 325 g/mol. The number of fused-ring (bicyclic) bond motifs is 2. The van der Waals surface area contributed by atoms with Gasteiger partial charge in [0.05, 0.1) is 0 Å². The highest BCUT2D eigenvalue weighted by molar-refractivity contribution is 5.90. The first-order chi connectivity index (χ1) is 11.3. The SMILES string of the molecule is CCC1(C)CCN2CCC(C)(C)c3c2c1cc1cc(C)c(=O)oc31. The van der Waals surface area contributed by atoms with Gasteiger partial charge in [-0.05, 0) is 54.7 Å². The molecule has 1 aromatic heterocycles. The lowest BCUT2D eigenvalue weighted by Gasteiger charge is -2.49. The summed E-state index contributed by atoms with van der Waals surface area (Å²) in [5.41, 5.74) is 5.55. The fraction of sp³-hybridized carbons (Fsp3) is 0.571. The second kappa shape index (κ2) is 4.87. The Hall–Kier alpha value is -1.77. The molecule has 3 nitrogen and oxygen atoms in total. The van der Waals surface area contributed by atoms with Crippen molar-refractivity contribution in [3.8, 4) is 0 Å². The molecular formula is C21H27NO2. The van der Waals surface area contributed by atoms with Crippen molar-refractivity contribution in [1.82, 2.24) is 0 Å². The van der Waals surface area contributed by atoms with E-state index in [0.29, 0.717) is 5.56 Å². The van der Waals surface area contributed by atoms with Crippen molar-refractivity contribution in [3.05, 3.63) is 39.2 Å². The number of nitrogens with zero attached hydrogens (tertiary/aromatic N) is 1. The Labute approximate surface area is 143 Å². The van der Waals surface area contributed by atoms with E-state index in [1.54, 1.807) is 0 Å². The molecule has 0 amide bonds. The lowest BCUT2D eigenvalue weighted by Crippen LogP contribution is -2.45. The predicted molar refractivity (Wildman–Crippen MR) is 99.3 cm³/mol. The quantitative estimate of drug-likeness (QED) is 0.715. The Balaban J connectivity index is 2.19. The van der Waals surface area contributed by atoms with Crippen LogP contribution in [0.5, 0.6) is 0 Å². The number of rotatable bonds is 1. The van der Waals surface area contributed by atoms with Gasteiger partial charge >= 0.3 is 5.63 Å². The van der Waals surface area contributed by atoms with Crippen molar-refractivity contribution in [3.63, 3.8) is 0 Å². The molecule has 4 rings (SSSR count). The maximum absolute atomic E-state index is 12.2. The normalized spacial score (nSPS) is 25.0. The van der Waals surface area contributed by atoms with Gasteiger partial charge in [0.2, 0.25) is 0 Å². The molecule has 1 atom stereocenters. The zero-order valence-electron chi connectivity index (χ0n) is 15.5. The van der Waals surface area contributed by atoms with Crippen LogP contribution in [0.25, 0.3) is 11.0 Å². The van der Waals surface area contributed by atoms with Crippen LogP contribution in [0.15, 0.2) is 21.3 Å². The Morgan fingerprint density at radius 2 is 1.88 bits per heavy atom. The van der Waals surface area contributed by atoms with E-state index in [2.05, 4.69) is 38.7 Å². The third kappa shape index (κ3) is 2.00. The van der Waals surface area contributed by atoms with E-state index in [1.165, 1.54) is 23.2 Å². The largest absolute Gasteiger partial charge is 0.422 e. The van der Waals surface area contributed by atoms with Crippen LogP contribution in [0.2, 0.25) is 0 Å². The van der Waals surface area contributed by atoms with Crippen molar-refractivity contribution in [2.45, 2.75) is 64.7 Å². The first-order valence-corrected chi connectivity index (χ1v) is 9.14. The third-order valence-electron chi connectivity index (χ3n) is 6.53. The fourth-order valence-electron chi connectivity index (χ4n) is 4.53. The molecule has 0 bridgehead atoms. The second-order valence-corrected chi connectivity index (χ2v) is 8.57. The van der Waals surface area contributed by atoms with Crippen LogP contribution >= 0.6 is 0 Å². The van der Waals surface area contributed by atoms with Gasteiger partial charge in [0.25, 0.3) is 0 Å². The molecule has 2 aliphatic heterocycles. The van der Waals surface area contributed by atoms with Crippen molar-refractivity contribution < 1.29 is 4.42 Å². The molecule has 24 heavy (non-hydrogen) atoms. The monoisotopic (exact) mass is 325 g/mol. The number of benzene rings is 1. The fourth-order valence-corrected chi connectivity index (χ4v) is 4.53. The summed E-state index contributed by atoms with van der Waals surface area (Å²) < 4.78 is 5.82. The molecule has 2 aromatic rings. The van der Waals surface area contributed by atoms with Gasteiger partial charge < -0.3 is 9.32 Å². The van der Waals surface area contributed by atoms with Gasteiger partial charge in [0.15, 0.2) is 0 Å². The Morgan fingerprint density at radius 1 is 1.17 bits per heavy atom. The molecule has 0 N–H and O–H groups in total. The number of anilines is 1. The van der Waals surface area contributed by atoms with Crippen LogP contribution < -0.4 is 10.5 Å². The smallest absolute Gasteiger partial charge is 0.339 e. The standard InChI is InChI=1S/C21H27NO2/c1-6-21(5)8-10-22-9-7-20(3,4)16-17(22)15(21)12-14-11-13(2)19(23)24-18(14)16/h11-12H,6-10H2,1-5H3. The van der Waals surface area contributed by atoms with Crippen molar-refractivity contribution in [1.29, 1.82) is 0 Å². The van der Waals surface area contributed by atoms with Crippen molar-refractivity contribution in [2.75, 3.05) is 18.0 Å². The molecule has 0 saturated carbocycles. The Kier molecular flexibility index (Phi) is 3.20. The summed E-state index contributed by atoms with van der Waals surface area (Å²) in [6.45, 7) is 13.3. The van der Waals surface area contributed by atoms with Crippen molar-refractivity contribution >= 4 is 16.7 Å². The first kappa shape index (κ1) is 15.7. The van der Waals surface area contributed by atoms with Gasteiger partial charge in [0.1, 0.15) is 5.58 Å². The summed E-state index contributed by atoms with van der Waals surface area (Å²) in [7, 11) is 0. The third-order valence-corrected chi connectivity index (χ3v) is 6.53. The summed E-state index contributed by atoms with van der Waals surface area (Å²) >= 11 is 0. The molecule has 3 heteroatoms. The van der Waals surface area contributed by atoms with E-state index in [9.17, 15) is 4.79 Å². The van der Waals surface area contributed by atoms with Gasteiger partial charge in [-0.25, -0.2) is 4.79 Å². The van der Waals surface area contributed by atoms with E-state index < -0.39 is 0 Å². The highest BCUT2D eigenvalue weighted by Gasteiger charge is 2.42. The van der Waals surface area contributed by atoms with Crippen LogP contribution in [-0.2, 0) is 10.8 Å². The molecule has 0 spiro atoms. The number of hydrogen-bond acceptors (Lipinski definition) is 3. The molecule has 1 unspecified atom stereocenters. The molecule has 2 aliphatic rings. The van der Waals surface area contributed by atoms with E-state index in [1.807, 2.05) is 13.0 Å². The summed E-state index contributed by atoms with van der Waals surface area (Å²) in [5, 5.41) is 1.08. The van der Waals surface area contributed by atoms with Crippen LogP contribution in [0, 0.1) is 6.92 Å². The molecule has 1 aromatic carbocycles. The minimum atomic E-state index is -0.208. The van der Waals surface area contributed by atoms with Crippen molar-refractivity contribution in [2.24, 2.45) is 0 Å². The molecule has 128 valence electrons. The summed E-state index contributed by atoms with van der Waals surface area (Å²) in [6.07, 6.45) is 3.42. The molecular weight excluding hydrogens is 298 g/mol. The summed E-state index contributed by atoms with van der Waals surface area (Å²) in [4.78, 5) is 14.7. The van der Waals surface area contributed by atoms with E-state index in [-0.39, 0.29) is 16.5 Å². The van der Waals surface area contributed by atoms with Gasteiger partial charge in [-0.3, -0.25) is 0 Å². The Morgan fingerprint density at radius 3 is 2.58 bits per heavy atom. The molecule has 0 fully saturated rings. The first-order valence-electron chi connectivity index (χ1n) is 9.14. The zero-order valence-corrected chi connectivity index (χ0v) is 15.5. The summed E-state index contributed by atoms with van der Waals surface area (Å²) in [6, 6.07) is 4.30. The minimum Gasteiger partial charge on any atom is -0.422 e. The topological polar surface area (TPSA) is 33.5 Å². The lowest BCUT2D eigenvalue weighted by atomic mass is 9.67. The van der Waals surface area contributed by atoms with Crippen LogP contribution in [0.1, 0.15) is 63.6 Å². The maximum atomic E-state index is 12.2. The number of hydrogen-bond donors (Lipinski definition) is 0. The average Bonchev–Trinajstić information content (AvgIpc) is 2.53. The summed E-state index contributed by atoms with van der Waals surface area (Å²) in [5.74, 6) is 0. The molecule has 0 saturated heterocycles. The predicted octanol–water partition coefficient (Wildman–Crippen LogP) is 4.66. The maximum Gasteiger partial charge on any atom is 0.339 e. The van der Waals surface area contributed by atoms with E-state index in [4.69, 9.17) is 4.42 Å². The Bertz CT molecular complexity index is 893. The van der Waals surface area contributed by atoms with Gasteiger partial charge in [0, 0.05) is 35.3 Å². The van der Waals surface area contributed by atoms with Gasteiger partial charge in [-0.2, -0.15) is 0 Å². The lowest BCUT2D eigenvalue weighted by molar-refractivity contribution is 0.371. The highest BCUT2D eigenvalue weighted by atomic mass is 16.4. The second-order valence-electron chi connectivity index (χ2n) is 8.57. The van der Waals surface area contributed by atoms with Gasteiger partial charge in [-0.1, -0.05) is 27.7 Å². The van der Waals surface area contributed by atoms with E-state index >= 15 is 0 Å².